The van der Waals surface area contributed by atoms with Crippen LogP contribution in [0.4, 0.5) is 4.39 Å². The number of halogens is 2. The number of rotatable bonds is 7. The van der Waals surface area contributed by atoms with Gasteiger partial charge in [-0.05, 0) is 50.8 Å². The SMILES string of the molecule is COC(=O)C1CCNC(NC23CC(NC(=O)COc4ccc(Cl)c(F)c4)(C2)C3)C1. The Morgan fingerprint density at radius 3 is 2.76 bits per heavy atom. The first kappa shape index (κ1) is 20.4. The molecule has 9 heteroatoms. The lowest BCUT2D eigenvalue weighted by atomic mass is 9.44. The van der Waals surface area contributed by atoms with Crippen molar-refractivity contribution in [1.29, 1.82) is 0 Å². The number of amides is 1. The quantitative estimate of drug-likeness (QED) is 0.577. The molecule has 0 aromatic heterocycles. The molecule has 1 amide bonds. The van der Waals surface area contributed by atoms with Crippen LogP contribution in [0.2, 0.25) is 5.02 Å². The van der Waals surface area contributed by atoms with Gasteiger partial charge in [0.25, 0.3) is 5.91 Å². The summed E-state index contributed by atoms with van der Waals surface area (Å²) in [5.41, 5.74) is -0.168. The minimum absolute atomic E-state index is 0.0128. The van der Waals surface area contributed by atoms with E-state index in [1.54, 1.807) is 0 Å². The molecule has 1 aliphatic heterocycles. The molecule has 1 heterocycles. The topological polar surface area (TPSA) is 88.7 Å². The summed E-state index contributed by atoms with van der Waals surface area (Å²) in [5.74, 6) is -0.769. The number of nitrogens with one attached hydrogen (secondary N) is 3. The fourth-order valence-electron chi connectivity index (χ4n) is 4.90. The van der Waals surface area contributed by atoms with E-state index < -0.39 is 5.82 Å². The van der Waals surface area contributed by atoms with Gasteiger partial charge in [-0.3, -0.25) is 14.9 Å². The Morgan fingerprint density at radius 2 is 2.07 bits per heavy atom. The normalized spacial score (nSPS) is 32.5. The lowest BCUT2D eigenvalue weighted by Gasteiger charge is -2.71. The van der Waals surface area contributed by atoms with E-state index in [4.69, 9.17) is 21.1 Å². The van der Waals surface area contributed by atoms with Gasteiger partial charge in [0, 0.05) is 17.1 Å². The lowest BCUT2D eigenvalue weighted by Crippen LogP contribution is -2.85. The molecule has 3 N–H and O–H groups in total. The molecule has 0 radical (unpaired) electrons. The Balaban J connectivity index is 1.20. The predicted molar refractivity (Wildman–Crippen MR) is 104 cm³/mol. The van der Waals surface area contributed by atoms with Crippen molar-refractivity contribution in [3.05, 3.63) is 29.0 Å². The molecule has 4 aliphatic rings. The van der Waals surface area contributed by atoms with Gasteiger partial charge in [0.15, 0.2) is 6.61 Å². The maximum Gasteiger partial charge on any atom is 0.308 e. The largest absolute Gasteiger partial charge is 0.484 e. The summed E-state index contributed by atoms with van der Waals surface area (Å²) in [4.78, 5) is 24.0. The first-order valence-electron chi connectivity index (χ1n) is 9.80. The summed E-state index contributed by atoms with van der Waals surface area (Å²) in [6.07, 6.45) is 4.12. The fraction of sp³-hybridized carbons (Fsp3) is 0.600. The van der Waals surface area contributed by atoms with Gasteiger partial charge in [0.2, 0.25) is 0 Å². The molecular formula is C20H25ClFN3O4. The van der Waals surface area contributed by atoms with E-state index in [9.17, 15) is 14.0 Å². The van der Waals surface area contributed by atoms with Crippen LogP contribution in [0.5, 0.6) is 5.75 Å². The summed E-state index contributed by atoms with van der Waals surface area (Å²) in [6.45, 7) is 0.603. The van der Waals surface area contributed by atoms with Gasteiger partial charge in [-0.1, -0.05) is 11.6 Å². The van der Waals surface area contributed by atoms with Crippen LogP contribution in [0.1, 0.15) is 32.1 Å². The average molecular weight is 426 g/mol. The summed E-state index contributed by atoms with van der Waals surface area (Å²) < 4.78 is 23.6. The number of benzene rings is 1. The molecule has 2 atom stereocenters. The molecule has 29 heavy (non-hydrogen) atoms. The minimum atomic E-state index is -0.581. The van der Waals surface area contributed by atoms with Crippen LogP contribution in [0.3, 0.4) is 0 Å². The number of esters is 1. The highest BCUT2D eigenvalue weighted by Crippen LogP contribution is 2.60. The number of hydrogen-bond acceptors (Lipinski definition) is 6. The Kier molecular flexibility index (Phi) is 5.44. The molecule has 1 saturated heterocycles. The van der Waals surface area contributed by atoms with E-state index in [1.807, 2.05) is 0 Å². The molecule has 4 fully saturated rings. The van der Waals surface area contributed by atoms with E-state index in [0.717, 1.165) is 38.3 Å². The lowest BCUT2D eigenvalue weighted by molar-refractivity contribution is -0.151. The van der Waals surface area contributed by atoms with Crippen molar-refractivity contribution in [3.63, 3.8) is 0 Å². The standard InChI is InChI=1S/C20H25ClFN3O4/c1-28-18(27)12-4-5-23-16(6-12)24-19-9-20(10-19,11-19)25-17(26)8-29-13-2-3-14(21)15(22)7-13/h2-3,7,12,16,23-24H,4-6,8-11H2,1H3,(H,25,26). The number of hydrogen-bond donors (Lipinski definition) is 3. The summed E-state index contributed by atoms with van der Waals surface area (Å²) >= 11 is 5.63. The van der Waals surface area contributed by atoms with Gasteiger partial charge in [0.1, 0.15) is 11.6 Å². The van der Waals surface area contributed by atoms with Crippen molar-refractivity contribution in [3.8, 4) is 5.75 Å². The van der Waals surface area contributed by atoms with Crippen molar-refractivity contribution >= 4 is 23.5 Å². The Labute approximate surface area is 173 Å². The number of carbonyl (C=O) groups is 2. The molecule has 1 aromatic carbocycles. The first-order chi connectivity index (χ1) is 13.8. The third-order valence-corrected chi connectivity index (χ3v) is 6.42. The third-order valence-electron chi connectivity index (χ3n) is 6.11. The van der Waals surface area contributed by atoms with Crippen molar-refractivity contribution in [1.82, 2.24) is 16.0 Å². The zero-order valence-corrected chi connectivity index (χ0v) is 17.0. The molecule has 2 bridgehead atoms. The smallest absolute Gasteiger partial charge is 0.308 e. The third kappa shape index (κ3) is 4.20. The Morgan fingerprint density at radius 1 is 1.31 bits per heavy atom. The number of piperidine rings is 1. The fourth-order valence-corrected chi connectivity index (χ4v) is 5.02. The molecule has 158 valence electrons. The maximum absolute atomic E-state index is 13.4. The van der Waals surface area contributed by atoms with Gasteiger partial charge in [-0.2, -0.15) is 0 Å². The van der Waals surface area contributed by atoms with Gasteiger partial charge >= 0.3 is 5.97 Å². The summed E-state index contributed by atoms with van der Waals surface area (Å²) in [7, 11) is 1.42. The Bertz CT molecular complexity index is 801. The van der Waals surface area contributed by atoms with E-state index in [1.165, 1.54) is 19.2 Å². The minimum Gasteiger partial charge on any atom is -0.484 e. The van der Waals surface area contributed by atoms with Crippen molar-refractivity contribution < 1.29 is 23.5 Å². The second kappa shape index (κ2) is 7.74. The predicted octanol–water partition coefficient (Wildman–Crippen LogP) is 1.74. The molecule has 2 unspecified atom stereocenters. The van der Waals surface area contributed by atoms with Crippen LogP contribution in [0.15, 0.2) is 18.2 Å². The summed E-state index contributed by atoms with van der Waals surface area (Å²) in [5, 5.41) is 10.1. The van der Waals surface area contributed by atoms with E-state index >= 15 is 0 Å². The average Bonchev–Trinajstić information content (AvgIpc) is 2.66. The van der Waals surface area contributed by atoms with Gasteiger partial charge < -0.3 is 20.1 Å². The second-order valence-corrected chi connectivity index (χ2v) is 8.81. The monoisotopic (exact) mass is 425 g/mol. The second-order valence-electron chi connectivity index (χ2n) is 8.40. The first-order valence-corrected chi connectivity index (χ1v) is 10.2. The van der Waals surface area contributed by atoms with Crippen LogP contribution in [-0.2, 0) is 14.3 Å². The van der Waals surface area contributed by atoms with E-state index in [-0.39, 0.29) is 52.4 Å². The molecule has 5 rings (SSSR count). The highest BCUT2D eigenvalue weighted by molar-refractivity contribution is 6.30. The van der Waals surface area contributed by atoms with E-state index in [2.05, 4.69) is 16.0 Å². The summed E-state index contributed by atoms with van der Waals surface area (Å²) in [6, 6.07) is 4.08. The van der Waals surface area contributed by atoms with Gasteiger partial charge in [-0.25, -0.2) is 4.39 Å². The van der Waals surface area contributed by atoms with Crippen molar-refractivity contribution in [2.24, 2.45) is 5.92 Å². The highest BCUT2D eigenvalue weighted by Gasteiger charge is 2.68. The van der Waals surface area contributed by atoms with Crippen LogP contribution < -0.4 is 20.7 Å². The molecule has 3 saturated carbocycles. The zero-order chi connectivity index (χ0) is 20.6. The van der Waals surface area contributed by atoms with Gasteiger partial charge in [0.05, 0.1) is 24.2 Å². The van der Waals surface area contributed by atoms with Crippen LogP contribution in [-0.4, -0.2) is 49.4 Å². The van der Waals surface area contributed by atoms with Crippen molar-refractivity contribution in [2.75, 3.05) is 20.3 Å². The maximum atomic E-state index is 13.4. The number of carbonyl (C=O) groups excluding carboxylic acids is 2. The highest BCUT2D eigenvalue weighted by atomic mass is 35.5. The number of methoxy groups -OCH3 is 1. The Hall–Kier alpha value is -1.90. The van der Waals surface area contributed by atoms with Crippen LogP contribution in [0.25, 0.3) is 0 Å². The van der Waals surface area contributed by atoms with Crippen LogP contribution in [0, 0.1) is 11.7 Å². The van der Waals surface area contributed by atoms with Crippen molar-refractivity contribution in [2.45, 2.75) is 49.3 Å². The molecule has 1 aromatic rings. The van der Waals surface area contributed by atoms with Crippen LogP contribution >= 0.6 is 11.6 Å². The van der Waals surface area contributed by atoms with Gasteiger partial charge in [-0.15, -0.1) is 0 Å². The molecular weight excluding hydrogens is 401 g/mol. The molecule has 3 aliphatic carbocycles. The molecule has 7 nitrogen and oxygen atoms in total. The zero-order valence-electron chi connectivity index (χ0n) is 16.2. The number of ether oxygens (including phenoxy) is 2. The molecule has 0 spiro atoms. The van der Waals surface area contributed by atoms with E-state index in [0.29, 0.717) is 6.42 Å².